The number of fused-ring (bicyclic) bond motifs is 2. The van der Waals surface area contributed by atoms with Gasteiger partial charge in [0.05, 0.1) is 22.4 Å². The van der Waals surface area contributed by atoms with Crippen LogP contribution in [0.3, 0.4) is 0 Å². The molecule has 0 unspecified atom stereocenters. The lowest BCUT2D eigenvalue weighted by Crippen LogP contribution is -2.36. The van der Waals surface area contributed by atoms with E-state index < -0.39 is 9.84 Å². The Balaban J connectivity index is 1.47. The molecule has 0 saturated heterocycles. The number of amides is 2. The number of hydrogen-bond acceptors (Lipinski definition) is 5. The summed E-state index contributed by atoms with van der Waals surface area (Å²) in [6, 6.07) is 6.23. The fourth-order valence-electron chi connectivity index (χ4n) is 3.61. The number of carbonyl (C=O) groups is 1. The highest BCUT2D eigenvalue weighted by Crippen LogP contribution is 2.32. The first kappa shape index (κ1) is 17.5. The largest absolute Gasteiger partial charge is 0.331 e. The van der Waals surface area contributed by atoms with Gasteiger partial charge in [0.1, 0.15) is 0 Å². The second-order valence-corrected chi connectivity index (χ2v) is 9.91. The van der Waals surface area contributed by atoms with Gasteiger partial charge in [-0.1, -0.05) is 24.6 Å². The Kier molecular flexibility index (Phi) is 4.71. The van der Waals surface area contributed by atoms with Crippen molar-refractivity contribution in [3.8, 4) is 0 Å². The maximum absolute atomic E-state index is 12.4. The van der Waals surface area contributed by atoms with E-state index in [9.17, 15) is 13.2 Å². The second-order valence-electron chi connectivity index (χ2n) is 6.75. The minimum absolute atomic E-state index is 0.0422. The Morgan fingerprint density at radius 1 is 1.15 bits per heavy atom. The Labute approximate surface area is 157 Å². The number of nitrogens with zero attached hydrogens (tertiary/aromatic N) is 1. The van der Waals surface area contributed by atoms with E-state index in [2.05, 4.69) is 15.6 Å². The molecule has 2 N–H and O–H groups in total. The molecule has 138 valence electrons. The number of anilines is 1. The Bertz CT molecular complexity index is 913. The first-order valence-electron chi connectivity index (χ1n) is 8.91. The quantitative estimate of drug-likeness (QED) is 0.768. The molecule has 1 aromatic heterocycles. The molecule has 2 amide bonds. The molecule has 8 heteroatoms. The molecule has 1 atom stereocenters. The number of thiazole rings is 1. The van der Waals surface area contributed by atoms with Crippen molar-refractivity contribution < 1.29 is 13.2 Å². The van der Waals surface area contributed by atoms with Crippen molar-refractivity contribution >= 4 is 32.3 Å². The minimum atomic E-state index is -3.26. The van der Waals surface area contributed by atoms with E-state index in [0.29, 0.717) is 22.0 Å². The lowest BCUT2D eigenvalue weighted by atomic mass is 10.0. The van der Waals surface area contributed by atoms with E-state index >= 15 is 0 Å². The fraction of sp³-hybridized carbons (Fsp3) is 0.444. The molecule has 1 aliphatic carbocycles. The molecular formula is C18H21N3O3S2. The molecule has 0 spiro atoms. The molecule has 4 rings (SSSR count). The molecule has 1 aliphatic heterocycles. The van der Waals surface area contributed by atoms with Crippen LogP contribution in [-0.4, -0.2) is 25.2 Å². The van der Waals surface area contributed by atoms with Crippen molar-refractivity contribution in [2.75, 3.05) is 11.1 Å². The second kappa shape index (κ2) is 7.00. The Hall–Kier alpha value is -1.93. The molecule has 2 aromatic rings. The van der Waals surface area contributed by atoms with Crippen LogP contribution in [0.2, 0.25) is 0 Å². The summed E-state index contributed by atoms with van der Waals surface area (Å²) in [4.78, 5) is 18.6. The summed E-state index contributed by atoms with van der Waals surface area (Å²) in [7, 11) is -3.26. The topological polar surface area (TPSA) is 88.2 Å². The molecule has 2 aliphatic rings. The molecule has 26 heavy (non-hydrogen) atoms. The number of carbonyl (C=O) groups excluding carboxylic acids is 1. The third-order valence-electron chi connectivity index (χ3n) is 4.93. The Morgan fingerprint density at radius 2 is 1.96 bits per heavy atom. The summed E-state index contributed by atoms with van der Waals surface area (Å²) < 4.78 is 24.4. The summed E-state index contributed by atoms with van der Waals surface area (Å²) in [6.07, 6.45) is 5.94. The molecule has 0 fully saturated rings. The smallest absolute Gasteiger partial charge is 0.321 e. The normalized spacial score (nSPS) is 21.2. The standard InChI is InChI=1S/C18H21N3O3S2/c22-17(21-18-20-14-7-2-1-3-8-15(14)25-18)19-13-10-11-26(23,24)16-9-5-4-6-12(13)16/h4-6,9,13H,1-3,7-8,10-11H2,(H2,19,20,21,22)/t13-/m1/s1. The fourth-order valence-corrected chi connectivity index (χ4v) is 6.28. The molecule has 0 radical (unpaired) electrons. The van der Waals surface area contributed by atoms with Gasteiger partial charge < -0.3 is 5.32 Å². The van der Waals surface area contributed by atoms with Crippen LogP contribution in [0.4, 0.5) is 9.93 Å². The highest BCUT2D eigenvalue weighted by molar-refractivity contribution is 7.91. The summed E-state index contributed by atoms with van der Waals surface area (Å²) in [5, 5.41) is 6.35. The first-order valence-corrected chi connectivity index (χ1v) is 11.4. The van der Waals surface area contributed by atoms with Crippen LogP contribution in [-0.2, 0) is 22.7 Å². The molecule has 6 nitrogen and oxygen atoms in total. The predicted octanol–water partition coefficient (Wildman–Crippen LogP) is 3.45. The molecule has 0 saturated carbocycles. The van der Waals surface area contributed by atoms with Gasteiger partial charge in [-0.25, -0.2) is 18.2 Å². The van der Waals surface area contributed by atoms with E-state index in [0.717, 1.165) is 25.0 Å². The van der Waals surface area contributed by atoms with Crippen molar-refractivity contribution in [2.24, 2.45) is 0 Å². The molecular weight excluding hydrogens is 370 g/mol. The van der Waals surface area contributed by atoms with Crippen LogP contribution >= 0.6 is 11.3 Å². The van der Waals surface area contributed by atoms with Gasteiger partial charge in [-0.05, 0) is 43.7 Å². The lowest BCUT2D eigenvalue weighted by molar-refractivity contribution is 0.248. The van der Waals surface area contributed by atoms with Crippen molar-refractivity contribution in [2.45, 2.75) is 49.5 Å². The Morgan fingerprint density at radius 3 is 2.85 bits per heavy atom. The van der Waals surface area contributed by atoms with E-state index in [4.69, 9.17) is 0 Å². The first-order chi connectivity index (χ1) is 12.5. The van der Waals surface area contributed by atoms with E-state index in [1.165, 1.54) is 17.7 Å². The summed E-state index contributed by atoms with van der Waals surface area (Å²) >= 11 is 1.55. The number of benzene rings is 1. The average Bonchev–Trinajstić information content (AvgIpc) is 2.86. The predicted molar refractivity (Wildman–Crippen MR) is 101 cm³/mol. The minimum Gasteiger partial charge on any atom is -0.331 e. The number of nitrogens with one attached hydrogen (secondary N) is 2. The summed E-state index contributed by atoms with van der Waals surface area (Å²) in [6.45, 7) is 0. The highest BCUT2D eigenvalue weighted by atomic mass is 32.2. The van der Waals surface area contributed by atoms with Crippen LogP contribution in [0.15, 0.2) is 29.2 Å². The maximum Gasteiger partial charge on any atom is 0.321 e. The van der Waals surface area contributed by atoms with E-state index in [1.54, 1.807) is 35.6 Å². The van der Waals surface area contributed by atoms with Gasteiger partial charge in [0.2, 0.25) is 0 Å². The molecule has 2 heterocycles. The molecule has 1 aromatic carbocycles. The van der Waals surface area contributed by atoms with Crippen LogP contribution in [0.1, 0.15) is 47.9 Å². The number of rotatable bonds is 2. The third kappa shape index (κ3) is 3.48. The van der Waals surface area contributed by atoms with E-state index in [-0.39, 0.29) is 17.8 Å². The zero-order valence-corrected chi connectivity index (χ0v) is 16.0. The van der Waals surface area contributed by atoms with Crippen LogP contribution < -0.4 is 10.6 Å². The van der Waals surface area contributed by atoms with Crippen LogP contribution in [0.5, 0.6) is 0 Å². The van der Waals surface area contributed by atoms with Gasteiger partial charge in [0, 0.05) is 4.88 Å². The third-order valence-corrected chi connectivity index (χ3v) is 7.81. The number of urea groups is 1. The van der Waals surface area contributed by atoms with E-state index in [1.807, 2.05) is 0 Å². The average molecular weight is 392 g/mol. The zero-order valence-electron chi connectivity index (χ0n) is 14.3. The highest BCUT2D eigenvalue weighted by Gasteiger charge is 2.31. The number of aryl methyl sites for hydroxylation is 2. The maximum atomic E-state index is 12.4. The van der Waals surface area contributed by atoms with Crippen molar-refractivity contribution in [3.63, 3.8) is 0 Å². The number of aromatic nitrogens is 1. The van der Waals surface area contributed by atoms with Gasteiger partial charge in [-0.2, -0.15) is 0 Å². The zero-order chi connectivity index (χ0) is 18.1. The lowest BCUT2D eigenvalue weighted by Gasteiger charge is -2.26. The SMILES string of the molecule is O=C(Nc1nc2c(s1)CCCCC2)N[C@@H]1CCS(=O)(=O)c2ccccc21. The van der Waals surface area contributed by atoms with Crippen molar-refractivity contribution in [3.05, 3.63) is 40.4 Å². The van der Waals surface area contributed by atoms with Gasteiger partial charge in [0.25, 0.3) is 0 Å². The monoisotopic (exact) mass is 391 g/mol. The van der Waals surface area contributed by atoms with Gasteiger partial charge in [-0.15, -0.1) is 11.3 Å². The summed E-state index contributed by atoms with van der Waals surface area (Å²) in [5.74, 6) is 0.0422. The van der Waals surface area contributed by atoms with Crippen LogP contribution in [0.25, 0.3) is 0 Å². The van der Waals surface area contributed by atoms with Crippen molar-refractivity contribution in [1.29, 1.82) is 0 Å². The van der Waals surface area contributed by atoms with Gasteiger partial charge >= 0.3 is 6.03 Å². The number of hydrogen-bond donors (Lipinski definition) is 2. The number of sulfone groups is 1. The van der Waals surface area contributed by atoms with Crippen LogP contribution in [0, 0.1) is 0 Å². The van der Waals surface area contributed by atoms with Gasteiger partial charge in [-0.3, -0.25) is 5.32 Å². The van der Waals surface area contributed by atoms with Crippen molar-refractivity contribution in [1.82, 2.24) is 10.3 Å². The molecule has 0 bridgehead atoms. The van der Waals surface area contributed by atoms with Gasteiger partial charge in [0.15, 0.2) is 15.0 Å². The summed E-state index contributed by atoms with van der Waals surface area (Å²) in [5.41, 5.74) is 1.76.